The number of likely N-dealkylation sites (N-methyl/N-ethyl adjacent to an activating group) is 1. The van der Waals surface area contributed by atoms with Crippen LogP contribution in [0.15, 0.2) is 42.6 Å². The first kappa shape index (κ1) is 17.8. The summed E-state index contributed by atoms with van der Waals surface area (Å²) >= 11 is 0. The Hall–Kier alpha value is -1.98. The van der Waals surface area contributed by atoms with E-state index in [0.717, 1.165) is 37.1 Å². The monoisotopic (exact) mass is 361 g/mol. The molecule has 2 aliphatic heterocycles. The van der Waals surface area contributed by atoms with Gasteiger partial charge in [0, 0.05) is 25.4 Å². The number of likely N-dealkylation sites (tertiary alicyclic amines) is 1. The molecule has 2 aliphatic rings. The maximum absolute atomic E-state index is 14.0. The summed E-state index contributed by atoms with van der Waals surface area (Å²) in [5, 5.41) is 3.51. The van der Waals surface area contributed by atoms with Crippen LogP contribution in [0, 0.1) is 5.82 Å². The van der Waals surface area contributed by atoms with Gasteiger partial charge in [-0.2, -0.15) is 0 Å². The van der Waals surface area contributed by atoms with Crippen molar-refractivity contribution in [1.29, 1.82) is 0 Å². The highest BCUT2D eigenvalue weighted by Crippen LogP contribution is 2.39. The summed E-state index contributed by atoms with van der Waals surface area (Å²) in [7, 11) is 1.85. The molecule has 0 aliphatic carbocycles. The standard InChI is InChI=1S/C19H20FN3O.ClH/c1-23-11-9-19(18(23)24)8-6-16(22-19)17-12-13(7-10-21-17)14-4-2-3-5-15(14)20;/h2-5,7,10,12,16,22H,6,8-9,11H2,1H3;1H/t16-,19+;/m1./s1. The molecule has 0 saturated carbocycles. The van der Waals surface area contributed by atoms with Gasteiger partial charge in [0.25, 0.3) is 0 Å². The molecule has 2 aromatic rings. The van der Waals surface area contributed by atoms with E-state index in [1.807, 2.05) is 25.2 Å². The average Bonchev–Trinajstić information content (AvgIpc) is 3.16. The normalized spacial score (nSPS) is 25.4. The first-order chi connectivity index (χ1) is 11.6. The van der Waals surface area contributed by atoms with Crippen molar-refractivity contribution in [2.75, 3.05) is 13.6 Å². The van der Waals surface area contributed by atoms with Crippen molar-refractivity contribution < 1.29 is 9.18 Å². The summed E-state index contributed by atoms with van der Waals surface area (Å²) < 4.78 is 14.0. The molecule has 4 rings (SSSR count). The highest BCUT2D eigenvalue weighted by molar-refractivity contribution is 5.88. The second-order valence-electron chi connectivity index (χ2n) is 6.74. The molecule has 1 aromatic heterocycles. The van der Waals surface area contributed by atoms with E-state index in [4.69, 9.17) is 0 Å². The summed E-state index contributed by atoms with van der Waals surface area (Å²) in [5.74, 6) is -0.0617. The van der Waals surface area contributed by atoms with E-state index in [-0.39, 0.29) is 30.2 Å². The number of halogens is 2. The third-order valence-corrected chi connectivity index (χ3v) is 5.26. The third-order valence-electron chi connectivity index (χ3n) is 5.26. The zero-order chi connectivity index (χ0) is 16.7. The summed E-state index contributed by atoms with van der Waals surface area (Å²) in [6.07, 6.45) is 4.25. The van der Waals surface area contributed by atoms with Crippen LogP contribution >= 0.6 is 12.4 Å². The highest BCUT2D eigenvalue weighted by atomic mass is 35.5. The van der Waals surface area contributed by atoms with Gasteiger partial charge in [0.2, 0.25) is 5.91 Å². The molecule has 2 atom stereocenters. The van der Waals surface area contributed by atoms with E-state index in [1.54, 1.807) is 23.2 Å². The Bertz CT molecular complexity index is 800. The molecule has 0 unspecified atom stereocenters. The van der Waals surface area contributed by atoms with E-state index in [1.165, 1.54) is 6.07 Å². The molecule has 3 heterocycles. The van der Waals surface area contributed by atoms with Crippen molar-refractivity contribution in [3.05, 3.63) is 54.1 Å². The Morgan fingerprint density at radius 1 is 1.28 bits per heavy atom. The number of nitrogens with one attached hydrogen (secondary N) is 1. The Kier molecular flexibility index (Phi) is 4.80. The first-order valence-corrected chi connectivity index (χ1v) is 8.33. The molecular formula is C19H21ClFN3O. The number of rotatable bonds is 2. The van der Waals surface area contributed by atoms with E-state index >= 15 is 0 Å². The Morgan fingerprint density at radius 3 is 2.80 bits per heavy atom. The van der Waals surface area contributed by atoms with Crippen LogP contribution in [-0.2, 0) is 4.79 Å². The van der Waals surface area contributed by atoms with Crippen LogP contribution in [0.25, 0.3) is 11.1 Å². The van der Waals surface area contributed by atoms with Gasteiger partial charge >= 0.3 is 0 Å². The maximum Gasteiger partial charge on any atom is 0.242 e. The van der Waals surface area contributed by atoms with Crippen LogP contribution in [0.3, 0.4) is 0 Å². The second kappa shape index (κ2) is 6.73. The zero-order valence-electron chi connectivity index (χ0n) is 14.0. The lowest BCUT2D eigenvalue weighted by molar-refractivity contribution is -0.131. The number of aromatic nitrogens is 1. The molecule has 0 bridgehead atoms. The molecule has 25 heavy (non-hydrogen) atoms. The van der Waals surface area contributed by atoms with E-state index in [9.17, 15) is 9.18 Å². The van der Waals surface area contributed by atoms with Gasteiger partial charge in [-0.3, -0.25) is 15.1 Å². The van der Waals surface area contributed by atoms with E-state index < -0.39 is 5.54 Å². The van der Waals surface area contributed by atoms with Crippen molar-refractivity contribution in [3.8, 4) is 11.1 Å². The molecule has 6 heteroatoms. The van der Waals surface area contributed by atoms with Crippen molar-refractivity contribution >= 4 is 18.3 Å². The van der Waals surface area contributed by atoms with Crippen molar-refractivity contribution in [1.82, 2.24) is 15.2 Å². The Balaban J connectivity index is 0.00000182. The molecule has 1 aromatic carbocycles. The van der Waals surface area contributed by atoms with Gasteiger partial charge in [-0.25, -0.2) is 4.39 Å². The van der Waals surface area contributed by atoms with Crippen LogP contribution in [0.5, 0.6) is 0 Å². The minimum Gasteiger partial charge on any atom is -0.344 e. The van der Waals surface area contributed by atoms with Gasteiger partial charge in [0.05, 0.1) is 11.7 Å². The van der Waals surface area contributed by atoms with Crippen LogP contribution in [0.4, 0.5) is 4.39 Å². The van der Waals surface area contributed by atoms with Gasteiger partial charge in [0.1, 0.15) is 11.4 Å². The van der Waals surface area contributed by atoms with Crippen LogP contribution < -0.4 is 5.32 Å². The second-order valence-corrected chi connectivity index (χ2v) is 6.74. The number of carbonyl (C=O) groups is 1. The minimum atomic E-state index is -0.435. The van der Waals surface area contributed by atoms with Crippen molar-refractivity contribution in [3.63, 3.8) is 0 Å². The lowest BCUT2D eigenvalue weighted by Gasteiger charge is -2.23. The molecule has 1 amide bonds. The number of benzene rings is 1. The summed E-state index contributed by atoms with van der Waals surface area (Å²) in [5.41, 5.74) is 1.82. The Labute approximate surface area is 152 Å². The number of hydrogen-bond acceptors (Lipinski definition) is 3. The summed E-state index contributed by atoms with van der Waals surface area (Å²) in [4.78, 5) is 18.7. The van der Waals surface area contributed by atoms with E-state index in [2.05, 4.69) is 10.3 Å². The first-order valence-electron chi connectivity index (χ1n) is 8.33. The predicted molar refractivity (Wildman–Crippen MR) is 97.0 cm³/mol. The number of pyridine rings is 1. The number of carbonyl (C=O) groups excluding carboxylic acids is 1. The number of amides is 1. The van der Waals surface area contributed by atoms with Crippen molar-refractivity contribution in [2.45, 2.75) is 30.8 Å². The van der Waals surface area contributed by atoms with Gasteiger partial charge in [-0.1, -0.05) is 18.2 Å². The van der Waals surface area contributed by atoms with E-state index in [0.29, 0.717) is 5.56 Å². The van der Waals surface area contributed by atoms with Crippen LogP contribution in [0.1, 0.15) is 31.0 Å². The molecule has 1 N–H and O–H groups in total. The smallest absolute Gasteiger partial charge is 0.242 e. The molecule has 0 radical (unpaired) electrons. The SMILES string of the molecule is CN1CC[C@@]2(CC[C@H](c3cc(-c4ccccc4F)ccn3)N2)C1=O.Cl. The quantitative estimate of drug-likeness (QED) is 0.892. The average molecular weight is 362 g/mol. The highest BCUT2D eigenvalue weighted by Gasteiger charge is 2.50. The fourth-order valence-electron chi connectivity index (χ4n) is 3.89. The third kappa shape index (κ3) is 3.02. The van der Waals surface area contributed by atoms with Gasteiger partial charge < -0.3 is 4.90 Å². The number of hydrogen-bond donors (Lipinski definition) is 1. The fourth-order valence-corrected chi connectivity index (χ4v) is 3.89. The molecular weight excluding hydrogens is 341 g/mol. The van der Waals surface area contributed by atoms with Crippen LogP contribution in [0.2, 0.25) is 0 Å². The maximum atomic E-state index is 14.0. The van der Waals surface area contributed by atoms with Crippen LogP contribution in [-0.4, -0.2) is 34.9 Å². The zero-order valence-corrected chi connectivity index (χ0v) is 14.9. The molecule has 4 nitrogen and oxygen atoms in total. The lowest BCUT2D eigenvalue weighted by Crippen LogP contribution is -2.47. The predicted octanol–water partition coefficient (Wildman–Crippen LogP) is 3.33. The summed E-state index contributed by atoms with van der Waals surface area (Å²) in [6.45, 7) is 0.793. The topological polar surface area (TPSA) is 45.2 Å². The fraction of sp³-hybridized carbons (Fsp3) is 0.368. The molecule has 132 valence electrons. The molecule has 1 spiro atoms. The van der Waals surface area contributed by atoms with Gasteiger partial charge in [-0.05, 0) is 43.0 Å². The molecule has 2 saturated heterocycles. The largest absolute Gasteiger partial charge is 0.344 e. The van der Waals surface area contributed by atoms with Crippen molar-refractivity contribution in [2.24, 2.45) is 0 Å². The van der Waals surface area contributed by atoms with Gasteiger partial charge in [0.15, 0.2) is 0 Å². The Morgan fingerprint density at radius 2 is 2.08 bits per heavy atom. The molecule has 2 fully saturated rings. The number of nitrogens with zero attached hydrogens (tertiary/aromatic N) is 2. The summed E-state index contributed by atoms with van der Waals surface area (Å²) in [6, 6.07) is 10.5. The minimum absolute atomic E-state index is 0. The lowest BCUT2D eigenvalue weighted by atomic mass is 9.96. The van der Waals surface area contributed by atoms with Gasteiger partial charge in [-0.15, -0.1) is 12.4 Å².